The van der Waals surface area contributed by atoms with Gasteiger partial charge >= 0.3 is 19.2 Å². The van der Waals surface area contributed by atoms with Gasteiger partial charge in [0.05, 0.1) is 24.8 Å². The molecular weight excluding hydrogens is 611 g/mol. The van der Waals surface area contributed by atoms with Crippen LogP contribution in [0, 0.1) is 24.2 Å². The lowest BCUT2D eigenvalue weighted by molar-refractivity contribution is -0.199. The first-order chi connectivity index (χ1) is 22.3. The minimum absolute atomic E-state index is 0.0945. The summed E-state index contributed by atoms with van der Waals surface area (Å²) in [5.41, 5.74) is 0.988. The Bertz CT molecular complexity index is 1440. The average molecular weight is 667 g/mol. The third-order valence-corrected chi connectivity index (χ3v) is 11.4. The molecule has 6 aliphatic rings. The van der Waals surface area contributed by atoms with E-state index in [0.29, 0.717) is 67.4 Å². The van der Waals surface area contributed by atoms with Gasteiger partial charge in [-0.1, -0.05) is 19.9 Å². The molecule has 0 spiro atoms. The van der Waals surface area contributed by atoms with Crippen LogP contribution >= 0.6 is 0 Å². The molecule has 3 saturated carbocycles. The molecule has 3 heterocycles. The molecule has 11 heteroatoms. The van der Waals surface area contributed by atoms with Crippen LogP contribution in [0.4, 0.5) is 4.79 Å². The highest BCUT2D eigenvalue weighted by atomic mass is 16.7. The fourth-order valence-electron chi connectivity index (χ4n) is 8.68. The highest BCUT2D eigenvalue weighted by molar-refractivity contribution is 6.45. The number of ether oxygens (including phenoxy) is 3. The molecule has 6 fully saturated rings. The number of nitrogens with zero attached hydrogens (tertiary/aromatic N) is 2. The molecule has 3 aliphatic heterocycles. The first-order valence-electron chi connectivity index (χ1n) is 17.9. The largest absolute Gasteiger partial charge is 0.486 e. The Morgan fingerprint density at radius 2 is 1.69 bits per heavy atom. The average Bonchev–Trinajstić information content (AvgIpc) is 3.56. The number of esters is 1. The van der Waals surface area contributed by atoms with Crippen molar-refractivity contribution >= 4 is 25.1 Å². The van der Waals surface area contributed by atoms with E-state index in [4.69, 9.17) is 23.5 Å². The lowest BCUT2D eigenvalue weighted by atomic mass is 9.43. The lowest BCUT2D eigenvalue weighted by Crippen LogP contribution is -2.65. The fraction of sp³-hybridized carbons (Fsp3) is 0.757. The lowest BCUT2D eigenvalue weighted by Gasteiger charge is -2.64. The predicted octanol–water partition coefficient (Wildman–Crippen LogP) is 6.21. The Kier molecular flexibility index (Phi) is 8.92. The van der Waals surface area contributed by atoms with Gasteiger partial charge in [0, 0.05) is 6.54 Å². The quantitative estimate of drug-likeness (QED) is 0.250. The van der Waals surface area contributed by atoms with Crippen LogP contribution in [0.5, 0.6) is 5.75 Å². The van der Waals surface area contributed by atoms with Crippen LogP contribution in [0.15, 0.2) is 12.1 Å². The van der Waals surface area contributed by atoms with Crippen molar-refractivity contribution in [1.82, 2.24) is 9.80 Å². The van der Waals surface area contributed by atoms with Crippen LogP contribution in [-0.4, -0.2) is 89.6 Å². The molecular formula is C37H55BN2O8. The second-order valence-corrected chi connectivity index (χ2v) is 17.5. The number of likely N-dealkylation sites (tertiary alicyclic amines) is 2. The Morgan fingerprint density at radius 1 is 1.00 bits per heavy atom. The molecule has 48 heavy (non-hydrogen) atoms. The van der Waals surface area contributed by atoms with Crippen molar-refractivity contribution in [1.29, 1.82) is 0 Å². The molecule has 0 aromatic heterocycles. The van der Waals surface area contributed by atoms with Gasteiger partial charge in [-0.3, -0.25) is 9.69 Å². The zero-order chi connectivity index (χ0) is 35.0. The van der Waals surface area contributed by atoms with E-state index in [0.717, 1.165) is 24.0 Å². The molecule has 1 aromatic rings. The van der Waals surface area contributed by atoms with Crippen LogP contribution in [0.25, 0.3) is 0 Å². The zero-order valence-corrected chi connectivity index (χ0v) is 30.6. The molecule has 0 N–H and O–H groups in total. The number of hydrogen-bond acceptors (Lipinski definition) is 8. The number of benzene rings is 1. The summed E-state index contributed by atoms with van der Waals surface area (Å²) in [5, 5.41) is 0. The van der Waals surface area contributed by atoms with E-state index < -0.39 is 29.3 Å². The van der Waals surface area contributed by atoms with Crippen molar-refractivity contribution in [2.75, 3.05) is 19.6 Å². The van der Waals surface area contributed by atoms with E-state index in [1.807, 2.05) is 60.6 Å². The molecule has 0 radical (unpaired) electrons. The molecule has 264 valence electrons. The van der Waals surface area contributed by atoms with Crippen molar-refractivity contribution in [3.63, 3.8) is 0 Å². The molecule has 3 aliphatic carbocycles. The molecule has 1 aromatic carbocycles. The van der Waals surface area contributed by atoms with E-state index in [2.05, 4.69) is 20.8 Å². The minimum Gasteiger partial charge on any atom is -0.486 e. The van der Waals surface area contributed by atoms with Crippen molar-refractivity contribution in [2.45, 2.75) is 143 Å². The van der Waals surface area contributed by atoms with Crippen molar-refractivity contribution in [2.24, 2.45) is 17.3 Å². The van der Waals surface area contributed by atoms with Crippen LogP contribution in [-0.2, 0) is 30.0 Å². The van der Waals surface area contributed by atoms with Gasteiger partial charge in [0.15, 0.2) is 0 Å². The number of amides is 2. The van der Waals surface area contributed by atoms with Crippen LogP contribution in [0.2, 0.25) is 6.32 Å². The zero-order valence-electron chi connectivity index (χ0n) is 30.6. The second-order valence-electron chi connectivity index (χ2n) is 17.5. The SMILES string of the molecule is Cc1c(CCB2O[C@@H]3C[C@@H]4C[C@@H](C4(C)C)[C@]3(C)O2)ccc(OC2CN(C(=O)C3CCCN3C(=O)OC(C)(C)C)C2)c1C(=O)OC(C)(C)C. The summed E-state index contributed by atoms with van der Waals surface area (Å²) in [6.45, 7) is 21.2. The Labute approximate surface area is 286 Å². The van der Waals surface area contributed by atoms with Gasteiger partial charge in [-0.2, -0.15) is 0 Å². The number of carbonyl (C=O) groups excluding carboxylic acids is 3. The summed E-state index contributed by atoms with van der Waals surface area (Å²) >= 11 is 0. The Balaban J connectivity index is 1.11. The number of carbonyl (C=O) groups is 3. The smallest absolute Gasteiger partial charge is 0.457 e. The van der Waals surface area contributed by atoms with Crippen LogP contribution in [0.1, 0.15) is 109 Å². The van der Waals surface area contributed by atoms with E-state index in [1.54, 1.807) is 9.80 Å². The molecule has 2 bridgehead atoms. The molecule has 2 amide bonds. The first-order valence-corrected chi connectivity index (χ1v) is 17.9. The van der Waals surface area contributed by atoms with Crippen LogP contribution in [0.3, 0.4) is 0 Å². The second kappa shape index (κ2) is 12.2. The Morgan fingerprint density at radius 3 is 2.33 bits per heavy atom. The summed E-state index contributed by atoms with van der Waals surface area (Å²) in [4.78, 5) is 43.0. The highest BCUT2D eigenvalue weighted by Gasteiger charge is 2.67. The monoisotopic (exact) mass is 666 g/mol. The maximum absolute atomic E-state index is 13.6. The molecule has 7 rings (SSSR count). The van der Waals surface area contributed by atoms with Gasteiger partial charge in [0.1, 0.15) is 34.7 Å². The minimum atomic E-state index is -0.677. The number of rotatable bonds is 7. The molecule has 1 unspecified atom stereocenters. The predicted molar refractivity (Wildman–Crippen MR) is 182 cm³/mol. The number of hydrogen-bond donors (Lipinski definition) is 0. The first kappa shape index (κ1) is 35.1. The van der Waals surface area contributed by atoms with Gasteiger partial charge in [-0.25, -0.2) is 9.59 Å². The van der Waals surface area contributed by atoms with Crippen LogP contribution < -0.4 is 4.74 Å². The summed E-state index contributed by atoms with van der Waals surface area (Å²) in [5.74, 6) is 1.13. The van der Waals surface area contributed by atoms with E-state index in [1.165, 1.54) is 6.42 Å². The van der Waals surface area contributed by atoms with Gasteiger partial charge in [0.2, 0.25) is 5.91 Å². The van der Waals surface area contributed by atoms with E-state index in [9.17, 15) is 14.4 Å². The van der Waals surface area contributed by atoms with Crippen molar-refractivity contribution in [3.8, 4) is 5.75 Å². The van der Waals surface area contributed by atoms with Gasteiger partial charge in [-0.15, -0.1) is 0 Å². The third-order valence-electron chi connectivity index (χ3n) is 11.4. The summed E-state index contributed by atoms with van der Waals surface area (Å²) in [6.07, 6.45) is 4.42. The van der Waals surface area contributed by atoms with Crippen molar-refractivity contribution in [3.05, 3.63) is 28.8 Å². The molecule has 5 atom stereocenters. The third kappa shape index (κ3) is 6.58. The van der Waals surface area contributed by atoms with Gasteiger partial charge in [-0.05, 0) is 128 Å². The summed E-state index contributed by atoms with van der Waals surface area (Å²) < 4.78 is 30.9. The normalized spacial score (nSPS) is 29.6. The molecule has 10 nitrogen and oxygen atoms in total. The van der Waals surface area contributed by atoms with Gasteiger partial charge in [0.25, 0.3) is 0 Å². The van der Waals surface area contributed by atoms with Gasteiger partial charge < -0.3 is 28.4 Å². The fourth-order valence-corrected chi connectivity index (χ4v) is 8.68. The standard InChI is InChI=1S/C37H55BN2O8/c1-22-23(15-16-38-47-29-19-24-18-28(36(24,8)9)37(29,10)48-38)13-14-27(30(22)32(42)45-34(2,3)4)44-25-20-39(21-25)31(41)26-12-11-17-40(26)33(43)46-35(5,6)7/h13-14,24-26,28-29H,11-12,15-21H2,1-10H3/t24-,26?,28-,29+,37-/m0/s1. The summed E-state index contributed by atoms with van der Waals surface area (Å²) in [6, 6.07) is 3.33. The van der Waals surface area contributed by atoms with E-state index >= 15 is 0 Å². The molecule has 3 saturated heterocycles. The summed E-state index contributed by atoms with van der Waals surface area (Å²) in [7, 11) is -0.278. The maximum atomic E-state index is 13.6. The number of aryl methyl sites for hydroxylation is 1. The Hall–Kier alpha value is -2.79. The van der Waals surface area contributed by atoms with Crippen molar-refractivity contribution < 1.29 is 37.9 Å². The van der Waals surface area contributed by atoms with E-state index in [-0.39, 0.29) is 30.8 Å². The maximum Gasteiger partial charge on any atom is 0.457 e. The topological polar surface area (TPSA) is 104 Å². The highest BCUT2D eigenvalue weighted by Crippen LogP contribution is 2.65.